The highest BCUT2D eigenvalue weighted by atomic mass is 32.1. The Morgan fingerprint density at radius 2 is 1.97 bits per heavy atom. The predicted octanol–water partition coefficient (Wildman–Crippen LogP) is 4.26. The summed E-state index contributed by atoms with van der Waals surface area (Å²) in [5.41, 5.74) is 2.95. The maximum Gasteiger partial charge on any atom is 0.259 e. The average molecular weight is 427 g/mol. The van der Waals surface area contributed by atoms with Gasteiger partial charge in [0.2, 0.25) is 5.91 Å². The first-order chi connectivity index (χ1) is 14.3. The van der Waals surface area contributed by atoms with Crippen molar-refractivity contribution < 1.29 is 4.79 Å². The van der Waals surface area contributed by atoms with Crippen LogP contribution in [0.25, 0.3) is 10.2 Å². The van der Waals surface area contributed by atoms with Crippen LogP contribution in [0.5, 0.6) is 0 Å². The monoisotopic (exact) mass is 426 g/mol. The summed E-state index contributed by atoms with van der Waals surface area (Å²) in [4.78, 5) is 36.5. The number of amides is 1. The lowest BCUT2D eigenvalue weighted by atomic mass is 9.98. The summed E-state index contributed by atoms with van der Waals surface area (Å²) < 4.78 is 0. The van der Waals surface area contributed by atoms with Crippen LogP contribution in [-0.2, 0) is 17.8 Å². The van der Waals surface area contributed by atoms with E-state index in [1.807, 2.05) is 43.1 Å². The quantitative estimate of drug-likeness (QED) is 0.564. The third kappa shape index (κ3) is 5.34. The van der Waals surface area contributed by atoms with Gasteiger partial charge in [0, 0.05) is 10.6 Å². The number of aromatic nitrogens is 2. The second-order valence-corrected chi connectivity index (χ2v) is 9.34. The topological polar surface area (TPSA) is 78.1 Å². The standard InChI is InChI=1S/C23H30N4O2S/c1-6-14(2)11-18-16(4)30-23-21(18)22(29)25-19(26-23)12-27(5)13-20(28)24-17-9-7-15(3)8-10-17/h7-10,14H,6,11-13H2,1-5H3,(H,24,28)(H,25,26,29)/t14-/m1/s1. The summed E-state index contributed by atoms with van der Waals surface area (Å²) in [7, 11) is 1.84. The molecule has 3 aromatic rings. The number of benzene rings is 1. The zero-order chi connectivity index (χ0) is 21.8. The smallest absolute Gasteiger partial charge is 0.259 e. The molecule has 0 aliphatic heterocycles. The number of likely N-dealkylation sites (N-methyl/N-ethyl adjacent to an activating group) is 1. The van der Waals surface area contributed by atoms with Gasteiger partial charge in [0.05, 0.1) is 18.5 Å². The minimum Gasteiger partial charge on any atom is -0.325 e. The van der Waals surface area contributed by atoms with Crippen molar-refractivity contribution in [3.8, 4) is 0 Å². The largest absolute Gasteiger partial charge is 0.325 e. The third-order valence-electron chi connectivity index (χ3n) is 5.33. The molecule has 2 N–H and O–H groups in total. The average Bonchev–Trinajstić information content (AvgIpc) is 2.98. The number of thiophene rings is 1. The van der Waals surface area contributed by atoms with Gasteiger partial charge in [-0.1, -0.05) is 38.0 Å². The Balaban J connectivity index is 1.70. The van der Waals surface area contributed by atoms with Gasteiger partial charge in [-0.2, -0.15) is 0 Å². The second kappa shape index (κ2) is 9.53. The highest BCUT2D eigenvalue weighted by molar-refractivity contribution is 7.18. The summed E-state index contributed by atoms with van der Waals surface area (Å²) in [5.74, 6) is 1.00. The molecule has 3 rings (SSSR count). The normalized spacial score (nSPS) is 12.5. The predicted molar refractivity (Wildman–Crippen MR) is 124 cm³/mol. The third-order valence-corrected chi connectivity index (χ3v) is 6.37. The first kappa shape index (κ1) is 22.2. The van der Waals surface area contributed by atoms with Crippen LogP contribution in [0.15, 0.2) is 29.1 Å². The molecule has 2 aromatic heterocycles. The molecular weight excluding hydrogens is 396 g/mol. The summed E-state index contributed by atoms with van der Waals surface area (Å²) in [6, 6.07) is 7.69. The SMILES string of the molecule is CC[C@@H](C)Cc1c(C)sc2nc(CN(C)CC(=O)Nc3ccc(C)cc3)[nH]c(=O)c12. The molecule has 0 fully saturated rings. The molecule has 2 heterocycles. The number of carbonyl (C=O) groups is 1. The Hall–Kier alpha value is -2.51. The molecule has 160 valence electrons. The number of H-pyrrole nitrogens is 1. The van der Waals surface area contributed by atoms with Gasteiger partial charge in [0.15, 0.2) is 0 Å². The first-order valence-corrected chi connectivity index (χ1v) is 11.1. The Labute approximate surface area is 181 Å². The van der Waals surface area contributed by atoms with Crippen LogP contribution in [0.4, 0.5) is 5.69 Å². The molecule has 7 heteroatoms. The van der Waals surface area contributed by atoms with Gasteiger partial charge in [-0.3, -0.25) is 14.5 Å². The molecule has 1 amide bonds. The number of fused-ring (bicyclic) bond motifs is 1. The van der Waals surface area contributed by atoms with E-state index in [0.717, 1.165) is 44.7 Å². The van der Waals surface area contributed by atoms with Crippen molar-refractivity contribution in [3.63, 3.8) is 0 Å². The van der Waals surface area contributed by atoms with Gasteiger partial charge in [-0.25, -0.2) is 4.98 Å². The highest BCUT2D eigenvalue weighted by Gasteiger charge is 2.17. The van der Waals surface area contributed by atoms with Crippen molar-refractivity contribution >= 4 is 33.1 Å². The van der Waals surface area contributed by atoms with Crippen LogP contribution >= 0.6 is 11.3 Å². The Morgan fingerprint density at radius 1 is 1.27 bits per heavy atom. The van der Waals surface area contributed by atoms with Crippen molar-refractivity contribution in [1.29, 1.82) is 0 Å². The first-order valence-electron chi connectivity index (χ1n) is 10.3. The molecule has 6 nitrogen and oxygen atoms in total. The molecule has 0 radical (unpaired) electrons. The van der Waals surface area contributed by atoms with Gasteiger partial charge in [0.1, 0.15) is 10.7 Å². The maximum absolute atomic E-state index is 12.8. The lowest BCUT2D eigenvalue weighted by molar-refractivity contribution is -0.117. The summed E-state index contributed by atoms with van der Waals surface area (Å²) in [5, 5.41) is 3.61. The van der Waals surface area contributed by atoms with E-state index in [1.54, 1.807) is 11.3 Å². The number of nitrogens with one attached hydrogen (secondary N) is 2. The van der Waals surface area contributed by atoms with E-state index in [-0.39, 0.29) is 18.0 Å². The van der Waals surface area contributed by atoms with Crippen molar-refractivity contribution in [2.24, 2.45) is 5.92 Å². The van der Waals surface area contributed by atoms with Crippen LogP contribution in [0.1, 0.15) is 42.1 Å². The number of carbonyl (C=O) groups excluding carboxylic acids is 1. The van der Waals surface area contributed by atoms with Gasteiger partial charge in [-0.05, 0) is 50.9 Å². The van der Waals surface area contributed by atoms with E-state index in [0.29, 0.717) is 18.3 Å². The Bertz CT molecular complexity index is 1090. The summed E-state index contributed by atoms with van der Waals surface area (Å²) in [6.45, 7) is 9.04. The lowest BCUT2D eigenvalue weighted by Gasteiger charge is -2.16. The van der Waals surface area contributed by atoms with Gasteiger partial charge < -0.3 is 10.3 Å². The number of aromatic amines is 1. The molecule has 0 aliphatic carbocycles. The highest BCUT2D eigenvalue weighted by Crippen LogP contribution is 2.29. The molecule has 0 aliphatic rings. The van der Waals surface area contributed by atoms with E-state index in [9.17, 15) is 9.59 Å². The molecule has 0 spiro atoms. The molecule has 0 bridgehead atoms. The fourth-order valence-electron chi connectivity index (χ4n) is 3.43. The van der Waals surface area contributed by atoms with E-state index in [1.165, 1.54) is 0 Å². The minimum absolute atomic E-state index is 0.0878. The van der Waals surface area contributed by atoms with Crippen LogP contribution in [-0.4, -0.2) is 34.4 Å². The molecular formula is C23H30N4O2S. The lowest BCUT2D eigenvalue weighted by Crippen LogP contribution is -2.31. The van der Waals surface area contributed by atoms with Crippen molar-refractivity contribution in [2.45, 2.75) is 47.1 Å². The number of anilines is 1. The molecule has 1 atom stereocenters. The Kier molecular flexibility index (Phi) is 7.05. The summed E-state index contributed by atoms with van der Waals surface area (Å²) >= 11 is 1.57. The number of rotatable bonds is 8. The number of hydrogen-bond donors (Lipinski definition) is 2. The number of hydrogen-bond acceptors (Lipinski definition) is 5. The van der Waals surface area contributed by atoms with Crippen LogP contribution in [0, 0.1) is 19.8 Å². The molecule has 30 heavy (non-hydrogen) atoms. The zero-order valence-corrected chi connectivity index (χ0v) is 19.2. The zero-order valence-electron chi connectivity index (χ0n) is 18.3. The van der Waals surface area contributed by atoms with Crippen molar-refractivity contribution in [3.05, 3.63) is 56.4 Å². The minimum atomic E-state index is -0.104. The van der Waals surface area contributed by atoms with Gasteiger partial charge in [-0.15, -0.1) is 11.3 Å². The number of nitrogens with zero attached hydrogens (tertiary/aromatic N) is 2. The molecule has 0 unspecified atom stereocenters. The maximum atomic E-state index is 12.8. The Morgan fingerprint density at radius 3 is 2.63 bits per heavy atom. The van der Waals surface area contributed by atoms with Gasteiger partial charge in [0.25, 0.3) is 5.56 Å². The van der Waals surface area contributed by atoms with Crippen LogP contribution < -0.4 is 10.9 Å². The molecule has 0 saturated carbocycles. The van der Waals surface area contributed by atoms with E-state index in [2.05, 4.69) is 36.1 Å². The van der Waals surface area contributed by atoms with Crippen LogP contribution in [0.3, 0.4) is 0 Å². The summed E-state index contributed by atoms with van der Waals surface area (Å²) in [6.07, 6.45) is 1.97. The van der Waals surface area contributed by atoms with E-state index >= 15 is 0 Å². The fraction of sp³-hybridized carbons (Fsp3) is 0.435. The van der Waals surface area contributed by atoms with E-state index in [4.69, 9.17) is 0 Å². The second-order valence-electron chi connectivity index (χ2n) is 8.13. The molecule has 0 saturated heterocycles. The van der Waals surface area contributed by atoms with Crippen molar-refractivity contribution in [2.75, 3.05) is 18.9 Å². The fourth-order valence-corrected chi connectivity index (χ4v) is 4.50. The van der Waals surface area contributed by atoms with E-state index < -0.39 is 0 Å². The van der Waals surface area contributed by atoms with Crippen molar-refractivity contribution in [1.82, 2.24) is 14.9 Å². The number of aryl methyl sites for hydroxylation is 2. The van der Waals surface area contributed by atoms with Gasteiger partial charge >= 0.3 is 0 Å². The molecule has 1 aromatic carbocycles. The van der Waals surface area contributed by atoms with Crippen LogP contribution in [0.2, 0.25) is 0 Å².